The van der Waals surface area contributed by atoms with Crippen LogP contribution in [0.1, 0.15) is 21.6 Å². The molecule has 2 rings (SSSR count). The van der Waals surface area contributed by atoms with Crippen LogP contribution < -0.4 is 5.32 Å². The number of nitrogens with zero attached hydrogens (tertiary/aromatic N) is 1. The lowest BCUT2D eigenvalue weighted by atomic mass is 10.1. The van der Waals surface area contributed by atoms with Crippen LogP contribution in [-0.2, 0) is 5.88 Å². The Bertz CT molecular complexity index is 539. The summed E-state index contributed by atoms with van der Waals surface area (Å²) in [6, 6.07) is 7.24. The smallest absolute Gasteiger partial charge is 0.257 e. The van der Waals surface area contributed by atoms with Gasteiger partial charge in [0.25, 0.3) is 5.91 Å². The number of thiazole rings is 1. The first kappa shape index (κ1) is 12.1. The van der Waals surface area contributed by atoms with E-state index in [1.54, 1.807) is 12.1 Å². The van der Waals surface area contributed by atoms with Gasteiger partial charge in [0.15, 0.2) is 5.13 Å². The van der Waals surface area contributed by atoms with Crippen LogP contribution in [0.2, 0.25) is 0 Å². The molecule has 17 heavy (non-hydrogen) atoms. The Morgan fingerprint density at radius 1 is 1.53 bits per heavy atom. The second-order valence-corrected chi connectivity index (χ2v) is 4.71. The highest BCUT2D eigenvalue weighted by molar-refractivity contribution is 7.13. The molecule has 0 aliphatic rings. The number of hydrogen-bond acceptors (Lipinski definition) is 3. The minimum absolute atomic E-state index is 0.161. The Morgan fingerprint density at radius 3 is 3.00 bits per heavy atom. The summed E-state index contributed by atoms with van der Waals surface area (Å²) in [5.41, 5.74) is 2.42. The molecule has 0 radical (unpaired) electrons. The second-order valence-electron chi connectivity index (χ2n) is 3.58. The molecule has 1 N–H and O–H groups in total. The topological polar surface area (TPSA) is 42.0 Å². The number of carbonyl (C=O) groups excluding carboxylic acids is 1. The number of alkyl halides is 1. The molecule has 1 aromatic heterocycles. The maximum atomic E-state index is 11.9. The number of nitrogens with one attached hydrogen (secondary N) is 1. The SMILES string of the molecule is Cc1csc(NC(=O)c2cccc(CCl)c2)n1. The van der Waals surface area contributed by atoms with E-state index in [1.165, 1.54) is 11.3 Å². The van der Waals surface area contributed by atoms with Gasteiger partial charge in [-0.05, 0) is 24.6 Å². The second kappa shape index (κ2) is 5.29. The van der Waals surface area contributed by atoms with Gasteiger partial charge >= 0.3 is 0 Å². The molecule has 0 aliphatic carbocycles. The number of halogens is 1. The van der Waals surface area contributed by atoms with Crippen LogP contribution in [0.3, 0.4) is 0 Å². The molecule has 0 spiro atoms. The average molecular weight is 267 g/mol. The van der Waals surface area contributed by atoms with Gasteiger partial charge in [0.1, 0.15) is 0 Å². The van der Waals surface area contributed by atoms with Gasteiger partial charge in [-0.15, -0.1) is 22.9 Å². The molecule has 0 fully saturated rings. The summed E-state index contributed by atoms with van der Waals surface area (Å²) in [6.45, 7) is 1.89. The highest BCUT2D eigenvalue weighted by Crippen LogP contribution is 2.16. The van der Waals surface area contributed by atoms with E-state index in [0.29, 0.717) is 16.6 Å². The molecule has 3 nitrogen and oxygen atoms in total. The number of hydrogen-bond donors (Lipinski definition) is 1. The van der Waals surface area contributed by atoms with Crippen LogP contribution in [0.5, 0.6) is 0 Å². The molecule has 0 bridgehead atoms. The lowest BCUT2D eigenvalue weighted by Gasteiger charge is -2.03. The molecule has 5 heteroatoms. The van der Waals surface area contributed by atoms with Gasteiger partial charge in [-0.2, -0.15) is 0 Å². The minimum Gasteiger partial charge on any atom is -0.298 e. The number of rotatable bonds is 3. The van der Waals surface area contributed by atoms with E-state index in [-0.39, 0.29) is 5.91 Å². The molecular weight excluding hydrogens is 256 g/mol. The van der Waals surface area contributed by atoms with Crippen molar-refractivity contribution in [2.75, 3.05) is 5.32 Å². The Kier molecular flexibility index (Phi) is 3.76. The van der Waals surface area contributed by atoms with Crippen LogP contribution in [0.15, 0.2) is 29.6 Å². The number of anilines is 1. The van der Waals surface area contributed by atoms with Crippen molar-refractivity contribution in [2.45, 2.75) is 12.8 Å². The first-order chi connectivity index (χ1) is 8.19. The zero-order valence-corrected chi connectivity index (χ0v) is 10.8. The summed E-state index contributed by atoms with van der Waals surface area (Å²) in [7, 11) is 0. The monoisotopic (exact) mass is 266 g/mol. The fourth-order valence-electron chi connectivity index (χ4n) is 1.38. The van der Waals surface area contributed by atoms with E-state index in [9.17, 15) is 4.79 Å². The first-order valence-corrected chi connectivity index (χ1v) is 6.49. The van der Waals surface area contributed by atoms with Crippen molar-refractivity contribution in [2.24, 2.45) is 0 Å². The van der Waals surface area contributed by atoms with Crippen LogP contribution in [0, 0.1) is 6.92 Å². The maximum Gasteiger partial charge on any atom is 0.257 e. The minimum atomic E-state index is -0.161. The van der Waals surface area contributed by atoms with Gasteiger partial charge in [0.05, 0.1) is 5.69 Å². The van der Waals surface area contributed by atoms with Crippen molar-refractivity contribution in [1.29, 1.82) is 0 Å². The molecule has 0 atom stereocenters. The summed E-state index contributed by atoms with van der Waals surface area (Å²) in [5, 5.41) is 5.26. The molecule has 88 valence electrons. The van der Waals surface area contributed by atoms with Crippen molar-refractivity contribution < 1.29 is 4.79 Å². The third-order valence-corrected chi connectivity index (χ3v) is 3.37. The summed E-state index contributed by atoms with van der Waals surface area (Å²) >= 11 is 7.14. The van der Waals surface area contributed by atoms with Crippen LogP contribution in [0.25, 0.3) is 0 Å². The van der Waals surface area contributed by atoms with Crippen LogP contribution in [0.4, 0.5) is 5.13 Å². The predicted octanol–water partition coefficient (Wildman–Crippen LogP) is 3.44. The predicted molar refractivity (Wildman–Crippen MR) is 70.8 cm³/mol. The quantitative estimate of drug-likeness (QED) is 0.865. The molecule has 1 aromatic carbocycles. The lowest BCUT2D eigenvalue weighted by Crippen LogP contribution is -2.11. The number of carbonyl (C=O) groups is 1. The zero-order chi connectivity index (χ0) is 12.3. The number of aromatic nitrogens is 1. The van der Waals surface area contributed by atoms with E-state index in [2.05, 4.69) is 10.3 Å². The van der Waals surface area contributed by atoms with Gasteiger partial charge in [-0.3, -0.25) is 10.1 Å². The fraction of sp³-hybridized carbons (Fsp3) is 0.167. The van der Waals surface area contributed by atoms with E-state index >= 15 is 0 Å². The van der Waals surface area contributed by atoms with Gasteiger partial charge in [-0.25, -0.2) is 4.98 Å². The van der Waals surface area contributed by atoms with Gasteiger partial charge in [-0.1, -0.05) is 12.1 Å². The van der Waals surface area contributed by atoms with Crippen molar-refractivity contribution in [3.8, 4) is 0 Å². The van der Waals surface area contributed by atoms with Crippen molar-refractivity contribution in [3.05, 3.63) is 46.5 Å². The number of amides is 1. The molecule has 1 amide bonds. The van der Waals surface area contributed by atoms with E-state index < -0.39 is 0 Å². The van der Waals surface area contributed by atoms with Gasteiger partial charge in [0.2, 0.25) is 0 Å². The van der Waals surface area contributed by atoms with Crippen molar-refractivity contribution in [1.82, 2.24) is 4.98 Å². The molecule has 0 unspecified atom stereocenters. The summed E-state index contributed by atoms with van der Waals surface area (Å²) < 4.78 is 0. The fourth-order valence-corrected chi connectivity index (χ4v) is 2.23. The Morgan fingerprint density at radius 2 is 2.35 bits per heavy atom. The Labute approximate surface area is 108 Å². The Balaban J connectivity index is 2.14. The van der Waals surface area contributed by atoms with Gasteiger partial charge < -0.3 is 0 Å². The molecular formula is C12H11ClN2OS. The largest absolute Gasteiger partial charge is 0.298 e. The molecule has 0 aliphatic heterocycles. The van der Waals surface area contributed by atoms with Gasteiger partial charge in [0, 0.05) is 16.8 Å². The third-order valence-electron chi connectivity index (χ3n) is 2.18. The standard InChI is InChI=1S/C12H11ClN2OS/c1-8-7-17-12(14-8)15-11(16)10-4-2-3-9(5-10)6-13/h2-5,7H,6H2,1H3,(H,14,15,16). The maximum absolute atomic E-state index is 11.9. The van der Waals surface area contributed by atoms with Crippen molar-refractivity contribution in [3.63, 3.8) is 0 Å². The highest BCUT2D eigenvalue weighted by Gasteiger charge is 2.08. The lowest BCUT2D eigenvalue weighted by molar-refractivity contribution is 0.102. The summed E-state index contributed by atoms with van der Waals surface area (Å²) in [4.78, 5) is 16.1. The summed E-state index contributed by atoms with van der Waals surface area (Å²) in [5.74, 6) is 0.239. The van der Waals surface area contributed by atoms with E-state index in [1.807, 2.05) is 24.4 Å². The average Bonchev–Trinajstić information content (AvgIpc) is 2.75. The number of aryl methyl sites for hydroxylation is 1. The Hall–Kier alpha value is -1.39. The molecule has 0 saturated heterocycles. The van der Waals surface area contributed by atoms with Crippen LogP contribution in [-0.4, -0.2) is 10.9 Å². The number of benzene rings is 1. The zero-order valence-electron chi connectivity index (χ0n) is 9.24. The summed E-state index contributed by atoms with van der Waals surface area (Å²) in [6.07, 6.45) is 0. The van der Waals surface area contributed by atoms with E-state index in [4.69, 9.17) is 11.6 Å². The molecule has 1 heterocycles. The van der Waals surface area contributed by atoms with Crippen molar-refractivity contribution >= 4 is 34.0 Å². The highest BCUT2D eigenvalue weighted by atomic mass is 35.5. The normalized spacial score (nSPS) is 10.2. The van der Waals surface area contributed by atoms with Crippen LogP contribution >= 0.6 is 22.9 Å². The first-order valence-electron chi connectivity index (χ1n) is 5.07. The van der Waals surface area contributed by atoms with E-state index in [0.717, 1.165) is 11.3 Å². The molecule has 2 aromatic rings. The third kappa shape index (κ3) is 3.05. The molecule has 0 saturated carbocycles.